The number of rotatable bonds is 1. The minimum absolute atomic E-state index is 0.994. The van der Waals surface area contributed by atoms with Gasteiger partial charge in [-0.1, -0.05) is 0 Å². The zero-order valence-corrected chi connectivity index (χ0v) is 10.2. The summed E-state index contributed by atoms with van der Waals surface area (Å²) in [5.41, 5.74) is 3.30. The van der Waals surface area contributed by atoms with E-state index in [0.29, 0.717) is 0 Å². The summed E-state index contributed by atoms with van der Waals surface area (Å²) in [5.74, 6) is 0.994. The summed E-state index contributed by atoms with van der Waals surface area (Å²) in [6, 6.07) is 6.30. The molecule has 3 aromatic rings. The van der Waals surface area contributed by atoms with Gasteiger partial charge in [-0.25, -0.2) is 4.98 Å². The first-order valence-electron chi connectivity index (χ1n) is 5.57. The van der Waals surface area contributed by atoms with Crippen LogP contribution in [0.1, 0.15) is 5.69 Å². The molecular weight excluding hydrogens is 212 g/mol. The molecule has 0 radical (unpaired) electrons. The second-order valence-corrected chi connectivity index (χ2v) is 4.36. The Bertz CT molecular complexity index is 691. The van der Waals surface area contributed by atoms with Crippen molar-refractivity contribution in [3.05, 3.63) is 36.3 Å². The van der Waals surface area contributed by atoms with Crippen LogP contribution in [0.25, 0.3) is 22.3 Å². The summed E-state index contributed by atoms with van der Waals surface area (Å²) in [6.07, 6.45) is 3.91. The number of fused-ring (bicyclic) bond motifs is 1. The molecule has 17 heavy (non-hydrogen) atoms. The Morgan fingerprint density at radius 2 is 2.00 bits per heavy atom. The van der Waals surface area contributed by atoms with Crippen LogP contribution >= 0.6 is 0 Å². The highest BCUT2D eigenvalue weighted by molar-refractivity contribution is 5.83. The van der Waals surface area contributed by atoms with Crippen molar-refractivity contribution in [2.24, 2.45) is 14.1 Å². The van der Waals surface area contributed by atoms with Crippen molar-refractivity contribution in [1.82, 2.24) is 19.3 Å². The van der Waals surface area contributed by atoms with Crippen LogP contribution in [0, 0.1) is 6.92 Å². The molecule has 2 heterocycles. The van der Waals surface area contributed by atoms with Gasteiger partial charge in [-0.05, 0) is 25.1 Å². The first-order chi connectivity index (χ1) is 8.15. The van der Waals surface area contributed by atoms with Gasteiger partial charge in [-0.2, -0.15) is 5.10 Å². The molecule has 0 unspecified atom stereocenters. The topological polar surface area (TPSA) is 35.6 Å². The van der Waals surface area contributed by atoms with E-state index in [-0.39, 0.29) is 0 Å². The smallest absolute Gasteiger partial charge is 0.139 e. The van der Waals surface area contributed by atoms with Gasteiger partial charge in [-0.15, -0.1) is 0 Å². The number of benzene rings is 1. The van der Waals surface area contributed by atoms with Crippen LogP contribution in [0.15, 0.2) is 30.6 Å². The predicted octanol–water partition coefficient (Wildman–Crippen LogP) is 2.28. The number of hydrogen-bond donors (Lipinski definition) is 0. The maximum Gasteiger partial charge on any atom is 0.139 e. The Kier molecular flexibility index (Phi) is 2.04. The van der Waals surface area contributed by atoms with Crippen molar-refractivity contribution in [2.75, 3.05) is 0 Å². The van der Waals surface area contributed by atoms with Crippen molar-refractivity contribution in [3.63, 3.8) is 0 Å². The summed E-state index contributed by atoms with van der Waals surface area (Å²) in [6.45, 7) is 2.01. The van der Waals surface area contributed by atoms with Gasteiger partial charge >= 0.3 is 0 Å². The third kappa shape index (κ3) is 1.53. The minimum atomic E-state index is 0.994. The number of aromatic nitrogens is 4. The van der Waals surface area contributed by atoms with Crippen LogP contribution in [0.3, 0.4) is 0 Å². The maximum atomic E-state index is 4.53. The first-order valence-corrected chi connectivity index (χ1v) is 5.57. The molecule has 0 atom stereocenters. The van der Waals surface area contributed by atoms with Crippen LogP contribution in [0.5, 0.6) is 0 Å². The Labute approximate surface area is 99.5 Å². The van der Waals surface area contributed by atoms with Crippen LogP contribution in [0.2, 0.25) is 0 Å². The normalized spacial score (nSPS) is 11.2. The minimum Gasteiger partial charge on any atom is -0.334 e. The molecule has 4 nitrogen and oxygen atoms in total. The maximum absolute atomic E-state index is 4.53. The molecule has 0 aliphatic heterocycles. The number of hydrogen-bond acceptors (Lipinski definition) is 2. The van der Waals surface area contributed by atoms with Crippen molar-refractivity contribution in [3.8, 4) is 11.4 Å². The molecule has 0 aliphatic rings. The van der Waals surface area contributed by atoms with E-state index in [1.54, 1.807) is 0 Å². The van der Waals surface area contributed by atoms with E-state index in [9.17, 15) is 0 Å². The van der Waals surface area contributed by atoms with Crippen molar-refractivity contribution >= 4 is 10.9 Å². The first kappa shape index (κ1) is 10.1. The van der Waals surface area contributed by atoms with Gasteiger partial charge in [0.2, 0.25) is 0 Å². The zero-order chi connectivity index (χ0) is 12.0. The molecule has 0 N–H and O–H groups in total. The second kappa shape index (κ2) is 3.45. The van der Waals surface area contributed by atoms with Gasteiger partial charge in [0.1, 0.15) is 5.82 Å². The summed E-state index contributed by atoms with van der Waals surface area (Å²) >= 11 is 0. The lowest BCUT2D eigenvalue weighted by Crippen LogP contribution is -1.92. The lowest BCUT2D eigenvalue weighted by Gasteiger charge is -2.02. The fourth-order valence-corrected chi connectivity index (χ4v) is 2.19. The fraction of sp³-hybridized carbons (Fsp3) is 0.231. The van der Waals surface area contributed by atoms with Gasteiger partial charge in [0, 0.05) is 31.2 Å². The summed E-state index contributed by atoms with van der Waals surface area (Å²) in [5, 5.41) is 5.39. The standard InChI is InChI=1S/C13H14N4/c1-9-8-16(2)13(15-9)10-4-5-12-11(6-10)7-14-17(12)3/h4-8H,1-3H3. The molecule has 0 aliphatic carbocycles. The van der Waals surface area contributed by atoms with Crippen molar-refractivity contribution in [1.29, 1.82) is 0 Å². The van der Waals surface area contributed by atoms with Gasteiger partial charge < -0.3 is 4.57 Å². The molecule has 1 aromatic carbocycles. The molecular formula is C13H14N4. The molecule has 0 saturated heterocycles. The summed E-state index contributed by atoms with van der Waals surface area (Å²) < 4.78 is 3.93. The Hall–Kier alpha value is -2.10. The van der Waals surface area contributed by atoms with E-state index in [0.717, 1.165) is 28.0 Å². The Morgan fingerprint density at radius 1 is 1.18 bits per heavy atom. The van der Waals surface area contributed by atoms with Crippen LogP contribution in [-0.2, 0) is 14.1 Å². The van der Waals surface area contributed by atoms with Crippen LogP contribution < -0.4 is 0 Å². The Balaban J connectivity index is 2.21. The van der Waals surface area contributed by atoms with E-state index in [4.69, 9.17) is 0 Å². The second-order valence-electron chi connectivity index (χ2n) is 4.36. The Morgan fingerprint density at radius 3 is 2.71 bits per heavy atom. The SMILES string of the molecule is Cc1cn(C)c(-c2ccc3c(cnn3C)c2)n1. The van der Waals surface area contributed by atoms with E-state index >= 15 is 0 Å². The lowest BCUT2D eigenvalue weighted by atomic mass is 10.1. The highest BCUT2D eigenvalue weighted by atomic mass is 15.2. The molecule has 0 spiro atoms. The number of aryl methyl sites for hydroxylation is 3. The monoisotopic (exact) mass is 226 g/mol. The summed E-state index contributed by atoms with van der Waals surface area (Å²) in [4.78, 5) is 4.53. The van der Waals surface area contributed by atoms with E-state index in [1.807, 2.05) is 42.7 Å². The van der Waals surface area contributed by atoms with Gasteiger partial charge in [0.25, 0.3) is 0 Å². The summed E-state index contributed by atoms with van der Waals surface area (Å²) in [7, 11) is 3.97. The quantitative estimate of drug-likeness (QED) is 0.638. The average Bonchev–Trinajstić information content (AvgIpc) is 2.82. The third-order valence-electron chi connectivity index (χ3n) is 3.00. The molecule has 3 rings (SSSR count). The lowest BCUT2D eigenvalue weighted by molar-refractivity contribution is 0.797. The van der Waals surface area contributed by atoms with Gasteiger partial charge in [0.05, 0.1) is 17.4 Å². The highest BCUT2D eigenvalue weighted by Crippen LogP contribution is 2.23. The van der Waals surface area contributed by atoms with Crippen LogP contribution in [-0.4, -0.2) is 19.3 Å². The van der Waals surface area contributed by atoms with E-state index in [2.05, 4.69) is 28.3 Å². The zero-order valence-electron chi connectivity index (χ0n) is 10.2. The molecule has 86 valence electrons. The van der Waals surface area contributed by atoms with E-state index < -0.39 is 0 Å². The predicted molar refractivity (Wildman–Crippen MR) is 67.7 cm³/mol. The fourth-order valence-electron chi connectivity index (χ4n) is 2.19. The molecule has 0 amide bonds. The molecule has 4 heteroatoms. The third-order valence-corrected chi connectivity index (χ3v) is 3.00. The van der Waals surface area contributed by atoms with Gasteiger partial charge in [0.15, 0.2) is 0 Å². The molecule has 0 bridgehead atoms. The molecule has 2 aromatic heterocycles. The van der Waals surface area contributed by atoms with Gasteiger partial charge in [-0.3, -0.25) is 4.68 Å². The largest absolute Gasteiger partial charge is 0.334 e. The van der Waals surface area contributed by atoms with Crippen molar-refractivity contribution < 1.29 is 0 Å². The number of imidazole rings is 1. The van der Waals surface area contributed by atoms with E-state index in [1.165, 1.54) is 0 Å². The molecule has 0 saturated carbocycles. The highest BCUT2D eigenvalue weighted by Gasteiger charge is 2.07. The average molecular weight is 226 g/mol. The molecule has 0 fully saturated rings. The van der Waals surface area contributed by atoms with Crippen molar-refractivity contribution in [2.45, 2.75) is 6.92 Å². The van der Waals surface area contributed by atoms with Crippen LogP contribution in [0.4, 0.5) is 0 Å². The number of nitrogens with zero attached hydrogens (tertiary/aromatic N) is 4.